The fourth-order valence-corrected chi connectivity index (χ4v) is 2.60. The van der Waals surface area contributed by atoms with Crippen molar-refractivity contribution < 1.29 is 9.53 Å². The summed E-state index contributed by atoms with van der Waals surface area (Å²) in [6.07, 6.45) is 1.10. The Kier molecular flexibility index (Phi) is 8.32. The summed E-state index contributed by atoms with van der Waals surface area (Å²) in [5.41, 5.74) is 6.82. The van der Waals surface area contributed by atoms with E-state index in [1.165, 1.54) is 0 Å². The minimum absolute atomic E-state index is 0. The summed E-state index contributed by atoms with van der Waals surface area (Å²) in [7, 11) is 3.79. The summed E-state index contributed by atoms with van der Waals surface area (Å²) < 4.78 is 5.41. The average Bonchev–Trinajstić information content (AvgIpc) is 3.01. The number of nitrogens with zero attached hydrogens (tertiary/aromatic N) is 2. The van der Waals surface area contributed by atoms with Crippen molar-refractivity contribution >= 4 is 35.8 Å². The van der Waals surface area contributed by atoms with Crippen LogP contribution in [0.5, 0.6) is 0 Å². The van der Waals surface area contributed by atoms with Crippen molar-refractivity contribution in [2.75, 3.05) is 33.9 Å². The average molecular weight is 432 g/mol. The molecule has 128 valence electrons. The first-order valence-corrected chi connectivity index (χ1v) is 7.48. The van der Waals surface area contributed by atoms with E-state index in [1.807, 2.05) is 19.2 Å². The van der Waals surface area contributed by atoms with Crippen molar-refractivity contribution in [3.8, 4) is 0 Å². The molecule has 2 rings (SSSR count). The van der Waals surface area contributed by atoms with E-state index in [1.54, 1.807) is 19.2 Å². The van der Waals surface area contributed by atoms with Gasteiger partial charge in [-0.2, -0.15) is 0 Å². The van der Waals surface area contributed by atoms with Crippen LogP contribution in [0.4, 0.5) is 0 Å². The highest BCUT2D eigenvalue weighted by molar-refractivity contribution is 14.0. The van der Waals surface area contributed by atoms with Crippen molar-refractivity contribution in [1.29, 1.82) is 0 Å². The Balaban J connectivity index is 0.00000264. The lowest BCUT2D eigenvalue weighted by Crippen LogP contribution is -2.41. The van der Waals surface area contributed by atoms with Crippen LogP contribution in [0.15, 0.2) is 29.3 Å². The van der Waals surface area contributed by atoms with E-state index >= 15 is 0 Å². The molecule has 0 spiro atoms. The molecule has 0 saturated carbocycles. The van der Waals surface area contributed by atoms with Crippen LogP contribution in [0.3, 0.4) is 0 Å². The summed E-state index contributed by atoms with van der Waals surface area (Å²) in [4.78, 5) is 17.6. The highest BCUT2D eigenvalue weighted by Crippen LogP contribution is 2.13. The zero-order valence-corrected chi connectivity index (χ0v) is 15.9. The number of nitrogens with two attached hydrogens (primary N) is 1. The van der Waals surface area contributed by atoms with Crippen molar-refractivity contribution in [1.82, 2.24) is 10.2 Å². The van der Waals surface area contributed by atoms with Crippen LogP contribution in [0.2, 0.25) is 0 Å². The van der Waals surface area contributed by atoms with Gasteiger partial charge in [0.1, 0.15) is 0 Å². The van der Waals surface area contributed by atoms with Gasteiger partial charge in [-0.3, -0.25) is 9.79 Å². The van der Waals surface area contributed by atoms with E-state index in [-0.39, 0.29) is 24.0 Å². The van der Waals surface area contributed by atoms with Crippen LogP contribution < -0.4 is 11.1 Å². The maximum atomic E-state index is 11.2. The molecule has 0 bridgehead atoms. The van der Waals surface area contributed by atoms with Gasteiger partial charge in [0, 0.05) is 45.3 Å². The summed E-state index contributed by atoms with van der Waals surface area (Å²) in [6, 6.07) is 7.30. The molecule has 1 saturated heterocycles. The van der Waals surface area contributed by atoms with Gasteiger partial charge < -0.3 is 20.7 Å². The topological polar surface area (TPSA) is 79.9 Å². The summed E-state index contributed by atoms with van der Waals surface area (Å²) >= 11 is 0. The quantitative estimate of drug-likeness (QED) is 0.420. The Morgan fingerprint density at radius 2 is 2.30 bits per heavy atom. The molecule has 1 aromatic carbocycles. The Bertz CT molecular complexity index is 545. The lowest BCUT2D eigenvalue weighted by Gasteiger charge is -2.24. The van der Waals surface area contributed by atoms with E-state index in [2.05, 4.69) is 15.2 Å². The van der Waals surface area contributed by atoms with Crippen LogP contribution in [-0.4, -0.2) is 50.6 Å². The molecule has 1 unspecified atom stereocenters. The molecule has 0 aliphatic carbocycles. The molecule has 0 radical (unpaired) electrons. The third kappa shape index (κ3) is 5.98. The minimum atomic E-state index is -0.412. The van der Waals surface area contributed by atoms with E-state index < -0.39 is 5.91 Å². The molecule has 23 heavy (non-hydrogen) atoms. The molecule has 6 nitrogen and oxygen atoms in total. The lowest BCUT2D eigenvalue weighted by molar-refractivity contribution is 0.1000. The molecule has 1 aliphatic rings. The third-order valence-electron chi connectivity index (χ3n) is 3.79. The summed E-state index contributed by atoms with van der Waals surface area (Å²) in [5.74, 6) is 0.975. The number of aliphatic imine (C=N–C) groups is 1. The predicted octanol–water partition coefficient (Wildman–Crippen LogP) is 1.45. The highest BCUT2D eigenvalue weighted by atomic mass is 127. The van der Waals surface area contributed by atoms with Gasteiger partial charge in [0.15, 0.2) is 5.96 Å². The Morgan fingerprint density at radius 3 is 2.91 bits per heavy atom. The van der Waals surface area contributed by atoms with Gasteiger partial charge in [-0.05, 0) is 24.1 Å². The second kappa shape index (κ2) is 9.71. The first kappa shape index (κ1) is 19.7. The number of rotatable bonds is 5. The molecule has 3 N–H and O–H groups in total. The van der Waals surface area contributed by atoms with Gasteiger partial charge in [-0.15, -0.1) is 24.0 Å². The first-order chi connectivity index (χ1) is 10.6. The maximum absolute atomic E-state index is 11.2. The van der Waals surface area contributed by atoms with Crippen LogP contribution >= 0.6 is 24.0 Å². The third-order valence-corrected chi connectivity index (χ3v) is 3.79. The number of benzene rings is 1. The Labute approximate surface area is 154 Å². The number of primary amides is 1. The number of ether oxygens (including phenoxy) is 1. The number of halogens is 1. The normalized spacial score (nSPS) is 17.5. The molecule has 1 fully saturated rings. The number of guanidine groups is 1. The van der Waals surface area contributed by atoms with Crippen LogP contribution in [0.1, 0.15) is 22.3 Å². The van der Waals surface area contributed by atoms with E-state index in [4.69, 9.17) is 10.5 Å². The number of hydrogen-bond donors (Lipinski definition) is 2. The van der Waals surface area contributed by atoms with Gasteiger partial charge in [-0.25, -0.2) is 0 Å². The fraction of sp³-hybridized carbons (Fsp3) is 0.500. The SMILES string of the molecule is CN=C(NCc1cccc(C(N)=O)c1)N(C)CC1CCOC1.I. The predicted molar refractivity (Wildman–Crippen MR) is 102 cm³/mol. The van der Waals surface area contributed by atoms with E-state index in [0.717, 1.165) is 37.7 Å². The number of nitrogens with one attached hydrogen (secondary N) is 1. The standard InChI is InChI=1S/C16H24N4O2.HI/c1-18-16(20(2)10-13-6-7-22-11-13)19-9-12-4-3-5-14(8-12)15(17)21;/h3-5,8,13H,6-7,9-11H2,1-2H3,(H2,17,21)(H,18,19);1H. The smallest absolute Gasteiger partial charge is 0.248 e. The van der Waals surface area contributed by atoms with E-state index in [0.29, 0.717) is 18.0 Å². The molecular weight excluding hydrogens is 407 g/mol. The summed E-state index contributed by atoms with van der Waals surface area (Å²) in [6.45, 7) is 3.19. The molecule has 1 atom stereocenters. The van der Waals surface area contributed by atoms with Gasteiger partial charge >= 0.3 is 0 Å². The van der Waals surface area contributed by atoms with Crippen molar-refractivity contribution in [3.05, 3.63) is 35.4 Å². The van der Waals surface area contributed by atoms with Crippen molar-refractivity contribution in [2.24, 2.45) is 16.6 Å². The zero-order chi connectivity index (χ0) is 15.9. The first-order valence-electron chi connectivity index (χ1n) is 7.48. The molecule has 1 heterocycles. The van der Waals surface area contributed by atoms with Crippen molar-refractivity contribution in [3.63, 3.8) is 0 Å². The highest BCUT2D eigenvalue weighted by Gasteiger charge is 2.19. The molecule has 0 aromatic heterocycles. The second-order valence-corrected chi connectivity index (χ2v) is 5.58. The zero-order valence-electron chi connectivity index (χ0n) is 13.6. The molecule has 7 heteroatoms. The Morgan fingerprint density at radius 1 is 1.52 bits per heavy atom. The molecular formula is C16H25IN4O2. The van der Waals surface area contributed by atoms with Gasteiger partial charge in [0.2, 0.25) is 5.91 Å². The summed E-state index contributed by atoms with van der Waals surface area (Å²) in [5, 5.41) is 3.31. The number of hydrogen-bond acceptors (Lipinski definition) is 3. The molecule has 1 amide bonds. The maximum Gasteiger partial charge on any atom is 0.248 e. The fourth-order valence-electron chi connectivity index (χ4n) is 2.60. The van der Waals surface area contributed by atoms with Crippen LogP contribution in [0.25, 0.3) is 0 Å². The van der Waals surface area contributed by atoms with Gasteiger partial charge in [-0.1, -0.05) is 12.1 Å². The van der Waals surface area contributed by atoms with Gasteiger partial charge in [0.05, 0.1) is 6.61 Å². The number of carbonyl (C=O) groups excluding carboxylic acids is 1. The Hall–Kier alpha value is -1.35. The lowest BCUT2D eigenvalue weighted by atomic mass is 10.1. The van der Waals surface area contributed by atoms with Crippen LogP contribution in [-0.2, 0) is 11.3 Å². The molecule has 1 aromatic rings. The largest absolute Gasteiger partial charge is 0.381 e. The molecule has 1 aliphatic heterocycles. The van der Waals surface area contributed by atoms with Crippen molar-refractivity contribution in [2.45, 2.75) is 13.0 Å². The minimum Gasteiger partial charge on any atom is -0.381 e. The second-order valence-electron chi connectivity index (χ2n) is 5.58. The monoisotopic (exact) mass is 432 g/mol. The van der Waals surface area contributed by atoms with E-state index in [9.17, 15) is 4.79 Å². The number of amides is 1. The van der Waals surface area contributed by atoms with Crippen LogP contribution in [0, 0.1) is 5.92 Å². The van der Waals surface area contributed by atoms with Gasteiger partial charge in [0.25, 0.3) is 0 Å². The number of carbonyl (C=O) groups is 1.